The van der Waals surface area contributed by atoms with Gasteiger partial charge in [0.25, 0.3) is 0 Å². The number of ether oxygens (including phenoxy) is 1. The zero-order valence-corrected chi connectivity index (χ0v) is 12.1. The Bertz CT molecular complexity index is 645. The summed E-state index contributed by atoms with van der Waals surface area (Å²) in [4.78, 5) is 11.9. The molecule has 0 radical (unpaired) electrons. The first-order valence-electron chi connectivity index (χ1n) is 6.66. The summed E-state index contributed by atoms with van der Waals surface area (Å²) in [6.07, 6.45) is 0. The van der Waals surface area contributed by atoms with E-state index in [-0.39, 0.29) is 5.44 Å². The number of carboxylic acids is 1. The van der Waals surface area contributed by atoms with E-state index >= 15 is 0 Å². The van der Waals surface area contributed by atoms with Gasteiger partial charge < -0.3 is 15.2 Å². The van der Waals surface area contributed by atoms with Crippen LogP contribution in [0.1, 0.15) is 15.9 Å². The number of anilines is 1. The van der Waals surface area contributed by atoms with Gasteiger partial charge in [-0.05, 0) is 23.8 Å². The molecule has 1 aliphatic rings. The van der Waals surface area contributed by atoms with Crippen LogP contribution in [0.5, 0.6) is 0 Å². The second kappa shape index (κ2) is 6.20. The number of thioether (sulfide) groups is 1. The summed E-state index contributed by atoms with van der Waals surface area (Å²) >= 11 is 1.56. The standard InChI is InChI=1S/C16H15NO3S/c18-16(19)12-6-7-13-14(8-12)21-15(9-17-13)20-10-11-4-2-1-3-5-11/h1-8,15,17H,9-10H2,(H,18,19). The van der Waals surface area contributed by atoms with Gasteiger partial charge in [-0.3, -0.25) is 0 Å². The summed E-state index contributed by atoms with van der Waals surface area (Å²) in [5.74, 6) is -0.911. The van der Waals surface area contributed by atoms with Gasteiger partial charge in [0.1, 0.15) is 5.44 Å². The van der Waals surface area contributed by atoms with Crippen molar-refractivity contribution in [1.82, 2.24) is 0 Å². The second-order valence-electron chi connectivity index (χ2n) is 4.74. The Morgan fingerprint density at radius 1 is 1.29 bits per heavy atom. The third kappa shape index (κ3) is 3.37. The first-order valence-corrected chi connectivity index (χ1v) is 7.54. The number of fused-ring (bicyclic) bond motifs is 1. The highest BCUT2D eigenvalue weighted by atomic mass is 32.2. The van der Waals surface area contributed by atoms with Crippen molar-refractivity contribution < 1.29 is 14.6 Å². The molecule has 0 spiro atoms. The molecule has 3 rings (SSSR count). The van der Waals surface area contributed by atoms with Crippen LogP contribution in [0.4, 0.5) is 5.69 Å². The molecule has 4 nitrogen and oxygen atoms in total. The molecule has 1 heterocycles. The zero-order chi connectivity index (χ0) is 14.7. The van der Waals surface area contributed by atoms with Crippen LogP contribution in [0.25, 0.3) is 0 Å². The molecule has 0 aliphatic carbocycles. The molecule has 2 N–H and O–H groups in total. The average Bonchev–Trinajstić information content (AvgIpc) is 2.53. The third-order valence-electron chi connectivity index (χ3n) is 3.22. The van der Waals surface area contributed by atoms with Gasteiger partial charge in [0.2, 0.25) is 0 Å². The van der Waals surface area contributed by atoms with Gasteiger partial charge in [0.15, 0.2) is 0 Å². The Labute approximate surface area is 127 Å². The van der Waals surface area contributed by atoms with Gasteiger partial charge in [-0.15, -0.1) is 0 Å². The van der Waals surface area contributed by atoms with Crippen LogP contribution in [0, 0.1) is 0 Å². The van der Waals surface area contributed by atoms with E-state index in [4.69, 9.17) is 9.84 Å². The molecule has 5 heteroatoms. The maximum atomic E-state index is 11.0. The summed E-state index contributed by atoms with van der Waals surface area (Å²) in [7, 11) is 0. The monoisotopic (exact) mass is 301 g/mol. The summed E-state index contributed by atoms with van der Waals surface area (Å²) in [5.41, 5.74) is 2.36. The molecule has 1 aliphatic heterocycles. The van der Waals surface area contributed by atoms with E-state index in [1.807, 2.05) is 30.3 Å². The quantitative estimate of drug-likeness (QED) is 0.906. The summed E-state index contributed by atoms with van der Waals surface area (Å²) in [6, 6.07) is 15.1. The van der Waals surface area contributed by atoms with Gasteiger partial charge in [-0.1, -0.05) is 42.1 Å². The predicted molar refractivity (Wildman–Crippen MR) is 82.8 cm³/mol. The van der Waals surface area contributed by atoms with Crippen LogP contribution >= 0.6 is 11.8 Å². The van der Waals surface area contributed by atoms with Crippen LogP contribution in [0.2, 0.25) is 0 Å². The molecule has 0 bridgehead atoms. The van der Waals surface area contributed by atoms with Crippen LogP contribution in [0.3, 0.4) is 0 Å². The van der Waals surface area contributed by atoms with Crippen molar-refractivity contribution in [3.05, 3.63) is 59.7 Å². The van der Waals surface area contributed by atoms with E-state index in [1.54, 1.807) is 30.0 Å². The SMILES string of the molecule is O=C(O)c1ccc2c(c1)SC(OCc1ccccc1)CN2. The van der Waals surface area contributed by atoms with E-state index in [0.29, 0.717) is 18.7 Å². The van der Waals surface area contributed by atoms with Crippen molar-refractivity contribution in [2.45, 2.75) is 16.9 Å². The van der Waals surface area contributed by atoms with E-state index in [9.17, 15) is 4.79 Å². The Balaban J connectivity index is 1.66. The third-order valence-corrected chi connectivity index (χ3v) is 4.38. The number of benzene rings is 2. The van der Waals surface area contributed by atoms with Crippen molar-refractivity contribution in [3.8, 4) is 0 Å². The van der Waals surface area contributed by atoms with Gasteiger partial charge in [-0.25, -0.2) is 4.79 Å². The van der Waals surface area contributed by atoms with Crippen molar-refractivity contribution >= 4 is 23.4 Å². The highest BCUT2D eigenvalue weighted by Crippen LogP contribution is 2.36. The number of nitrogens with one attached hydrogen (secondary N) is 1. The van der Waals surface area contributed by atoms with Crippen molar-refractivity contribution in [1.29, 1.82) is 0 Å². The minimum absolute atomic E-state index is 0.0262. The summed E-state index contributed by atoms with van der Waals surface area (Å²) in [5, 5.41) is 12.3. The van der Waals surface area contributed by atoms with Crippen molar-refractivity contribution in [2.24, 2.45) is 0 Å². The molecule has 1 atom stereocenters. The lowest BCUT2D eigenvalue weighted by atomic mass is 10.2. The number of hydrogen-bond donors (Lipinski definition) is 2. The minimum atomic E-state index is -0.911. The fourth-order valence-electron chi connectivity index (χ4n) is 2.13. The van der Waals surface area contributed by atoms with Crippen molar-refractivity contribution in [3.63, 3.8) is 0 Å². The van der Waals surface area contributed by atoms with E-state index < -0.39 is 5.97 Å². The summed E-state index contributed by atoms with van der Waals surface area (Å²) in [6.45, 7) is 1.26. The molecular weight excluding hydrogens is 286 g/mol. The fourth-order valence-corrected chi connectivity index (χ4v) is 3.18. The number of rotatable bonds is 4. The molecule has 0 aromatic heterocycles. The molecule has 2 aromatic carbocycles. The van der Waals surface area contributed by atoms with Crippen LogP contribution < -0.4 is 5.32 Å². The Morgan fingerprint density at radius 3 is 2.86 bits per heavy atom. The number of aromatic carboxylic acids is 1. The topological polar surface area (TPSA) is 58.6 Å². The smallest absolute Gasteiger partial charge is 0.335 e. The molecule has 2 aromatic rings. The minimum Gasteiger partial charge on any atom is -0.478 e. The van der Waals surface area contributed by atoms with Gasteiger partial charge in [-0.2, -0.15) is 0 Å². The van der Waals surface area contributed by atoms with E-state index in [0.717, 1.165) is 16.1 Å². The van der Waals surface area contributed by atoms with Crippen LogP contribution in [0.15, 0.2) is 53.4 Å². The highest BCUT2D eigenvalue weighted by Gasteiger charge is 2.20. The first kappa shape index (κ1) is 14.0. The fraction of sp³-hybridized carbons (Fsp3) is 0.188. The normalized spacial score (nSPS) is 16.9. The largest absolute Gasteiger partial charge is 0.478 e. The molecule has 0 saturated heterocycles. The number of carbonyl (C=O) groups is 1. The van der Waals surface area contributed by atoms with E-state index in [1.165, 1.54) is 0 Å². The molecule has 108 valence electrons. The van der Waals surface area contributed by atoms with Crippen LogP contribution in [-0.2, 0) is 11.3 Å². The maximum absolute atomic E-state index is 11.0. The number of carboxylic acid groups (broad SMARTS) is 1. The maximum Gasteiger partial charge on any atom is 0.335 e. The highest BCUT2D eigenvalue weighted by molar-refractivity contribution is 8.00. The van der Waals surface area contributed by atoms with Gasteiger partial charge in [0, 0.05) is 10.6 Å². The zero-order valence-electron chi connectivity index (χ0n) is 11.3. The molecular formula is C16H15NO3S. The predicted octanol–water partition coefficient (Wildman–Crippen LogP) is 3.45. The molecule has 1 unspecified atom stereocenters. The van der Waals surface area contributed by atoms with Crippen LogP contribution in [-0.4, -0.2) is 23.1 Å². The Kier molecular flexibility index (Phi) is 4.13. The van der Waals surface area contributed by atoms with E-state index in [2.05, 4.69) is 5.32 Å². The lowest BCUT2D eigenvalue weighted by Crippen LogP contribution is -2.24. The van der Waals surface area contributed by atoms with Gasteiger partial charge >= 0.3 is 5.97 Å². The average molecular weight is 301 g/mol. The molecule has 21 heavy (non-hydrogen) atoms. The number of hydrogen-bond acceptors (Lipinski definition) is 4. The molecule has 0 saturated carbocycles. The lowest BCUT2D eigenvalue weighted by molar-refractivity contribution is 0.0696. The Hall–Kier alpha value is -1.98. The van der Waals surface area contributed by atoms with Gasteiger partial charge in [0.05, 0.1) is 18.7 Å². The molecule has 0 fully saturated rings. The lowest BCUT2D eigenvalue weighted by Gasteiger charge is -2.26. The Morgan fingerprint density at radius 2 is 2.10 bits per heavy atom. The molecule has 0 amide bonds. The summed E-state index contributed by atoms with van der Waals surface area (Å²) < 4.78 is 5.88. The second-order valence-corrected chi connectivity index (χ2v) is 5.94. The first-order chi connectivity index (χ1) is 10.2. The van der Waals surface area contributed by atoms with Crippen molar-refractivity contribution in [2.75, 3.05) is 11.9 Å².